The summed E-state index contributed by atoms with van der Waals surface area (Å²) in [4.78, 5) is 31.5. The number of hydrogen-bond acceptors (Lipinski definition) is 4. The van der Waals surface area contributed by atoms with E-state index in [-0.39, 0.29) is 17.7 Å². The summed E-state index contributed by atoms with van der Waals surface area (Å²) in [6.45, 7) is 3.97. The summed E-state index contributed by atoms with van der Waals surface area (Å²) in [7, 11) is 1.63. The maximum atomic E-state index is 12.0. The molecule has 0 unspecified atom stereocenters. The van der Waals surface area contributed by atoms with Crippen LogP contribution in [0.2, 0.25) is 0 Å². The standard InChI is InChI=1S/C14H20N4O2/c1-11(19)17-7-8-18(13-3-5-16-6-4-13)10-12(9-17)14(20)15-2/h3-6,12H,7-10H2,1-2H3,(H,15,20)/t12-/m1/s1. The summed E-state index contributed by atoms with van der Waals surface area (Å²) < 4.78 is 0. The summed E-state index contributed by atoms with van der Waals surface area (Å²) in [5.74, 6) is -0.243. The van der Waals surface area contributed by atoms with Crippen LogP contribution in [0.15, 0.2) is 24.5 Å². The van der Waals surface area contributed by atoms with Crippen molar-refractivity contribution in [3.05, 3.63) is 24.5 Å². The van der Waals surface area contributed by atoms with Gasteiger partial charge in [-0.25, -0.2) is 0 Å². The molecule has 1 atom stereocenters. The van der Waals surface area contributed by atoms with Gasteiger partial charge in [0.1, 0.15) is 0 Å². The van der Waals surface area contributed by atoms with E-state index in [2.05, 4.69) is 15.2 Å². The Balaban J connectivity index is 2.20. The quantitative estimate of drug-likeness (QED) is 0.833. The first-order valence-corrected chi connectivity index (χ1v) is 6.74. The lowest BCUT2D eigenvalue weighted by Crippen LogP contribution is -2.41. The number of hydrogen-bond donors (Lipinski definition) is 1. The Morgan fingerprint density at radius 1 is 1.25 bits per heavy atom. The van der Waals surface area contributed by atoms with Crippen LogP contribution >= 0.6 is 0 Å². The summed E-state index contributed by atoms with van der Waals surface area (Å²) in [6, 6.07) is 3.84. The minimum atomic E-state index is -0.223. The topological polar surface area (TPSA) is 65.5 Å². The molecule has 2 amide bonds. The zero-order valence-corrected chi connectivity index (χ0v) is 11.9. The third kappa shape index (κ3) is 3.26. The molecule has 0 saturated carbocycles. The maximum absolute atomic E-state index is 12.0. The molecule has 2 heterocycles. The lowest BCUT2D eigenvalue weighted by Gasteiger charge is -2.24. The molecule has 1 aromatic heterocycles. The molecule has 0 spiro atoms. The summed E-state index contributed by atoms with van der Waals surface area (Å²) >= 11 is 0. The molecule has 1 aliphatic rings. The molecule has 20 heavy (non-hydrogen) atoms. The van der Waals surface area contributed by atoms with Gasteiger partial charge in [0.2, 0.25) is 11.8 Å². The highest BCUT2D eigenvalue weighted by Gasteiger charge is 2.28. The van der Waals surface area contributed by atoms with Crippen molar-refractivity contribution in [1.82, 2.24) is 15.2 Å². The number of aromatic nitrogens is 1. The fourth-order valence-corrected chi connectivity index (χ4v) is 2.46. The molecule has 6 heteroatoms. The average molecular weight is 276 g/mol. The van der Waals surface area contributed by atoms with Gasteiger partial charge in [-0.2, -0.15) is 0 Å². The minimum Gasteiger partial charge on any atom is -0.369 e. The third-order valence-corrected chi connectivity index (χ3v) is 3.61. The van der Waals surface area contributed by atoms with Gasteiger partial charge in [-0.05, 0) is 12.1 Å². The van der Waals surface area contributed by atoms with Gasteiger partial charge in [-0.15, -0.1) is 0 Å². The molecule has 0 aromatic carbocycles. The molecule has 1 fully saturated rings. The largest absolute Gasteiger partial charge is 0.369 e. The van der Waals surface area contributed by atoms with Gasteiger partial charge in [0, 0.05) is 58.2 Å². The van der Waals surface area contributed by atoms with Gasteiger partial charge in [-0.3, -0.25) is 14.6 Å². The molecule has 2 rings (SSSR count). The highest BCUT2D eigenvalue weighted by molar-refractivity contribution is 5.81. The average Bonchev–Trinajstić information content (AvgIpc) is 2.70. The number of anilines is 1. The lowest BCUT2D eigenvalue weighted by molar-refractivity contribution is -0.130. The molecule has 1 saturated heterocycles. The Morgan fingerprint density at radius 3 is 2.55 bits per heavy atom. The van der Waals surface area contributed by atoms with E-state index in [0.29, 0.717) is 19.6 Å². The highest BCUT2D eigenvalue weighted by Crippen LogP contribution is 2.18. The second-order valence-corrected chi connectivity index (χ2v) is 4.93. The molecule has 0 radical (unpaired) electrons. The highest BCUT2D eigenvalue weighted by atomic mass is 16.2. The lowest BCUT2D eigenvalue weighted by atomic mass is 10.1. The number of nitrogens with one attached hydrogen (secondary N) is 1. The molecule has 108 valence electrons. The van der Waals surface area contributed by atoms with Crippen LogP contribution in [0.4, 0.5) is 5.69 Å². The van der Waals surface area contributed by atoms with Crippen molar-refractivity contribution in [3.63, 3.8) is 0 Å². The van der Waals surface area contributed by atoms with E-state index in [4.69, 9.17) is 0 Å². The number of carbonyl (C=O) groups excluding carboxylic acids is 2. The van der Waals surface area contributed by atoms with Gasteiger partial charge < -0.3 is 15.1 Å². The predicted molar refractivity (Wildman–Crippen MR) is 76.3 cm³/mol. The van der Waals surface area contributed by atoms with Crippen LogP contribution < -0.4 is 10.2 Å². The van der Waals surface area contributed by atoms with Gasteiger partial charge in [0.05, 0.1) is 5.92 Å². The monoisotopic (exact) mass is 276 g/mol. The second kappa shape index (κ2) is 6.36. The Labute approximate surface area is 118 Å². The number of pyridine rings is 1. The molecule has 1 aliphatic heterocycles. The van der Waals surface area contributed by atoms with E-state index in [0.717, 1.165) is 12.2 Å². The van der Waals surface area contributed by atoms with Crippen LogP contribution in [0.25, 0.3) is 0 Å². The smallest absolute Gasteiger partial charge is 0.226 e. The summed E-state index contributed by atoms with van der Waals surface area (Å²) in [5.41, 5.74) is 1.03. The number of amides is 2. The Kier molecular flexibility index (Phi) is 4.55. The van der Waals surface area contributed by atoms with Crippen LogP contribution in [0.5, 0.6) is 0 Å². The summed E-state index contributed by atoms with van der Waals surface area (Å²) in [5, 5.41) is 2.68. The van der Waals surface area contributed by atoms with Crippen molar-refractivity contribution < 1.29 is 9.59 Å². The SMILES string of the molecule is CNC(=O)[C@@H]1CN(C(C)=O)CCN(c2ccncc2)C1. The van der Waals surface area contributed by atoms with Crippen LogP contribution in [0.1, 0.15) is 6.92 Å². The van der Waals surface area contributed by atoms with Gasteiger partial charge in [-0.1, -0.05) is 0 Å². The van der Waals surface area contributed by atoms with Crippen LogP contribution in [-0.2, 0) is 9.59 Å². The number of nitrogens with zero attached hydrogens (tertiary/aromatic N) is 3. The Morgan fingerprint density at radius 2 is 1.95 bits per heavy atom. The molecule has 1 aromatic rings. The minimum absolute atomic E-state index is 0.00971. The van der Waals surface area contributed by atoms with Crippen molar-refractivity contribution in [2.24, 2.45) is 5.92 Å². The fraction of sp³-hybridized carbons (Fsp3) is 0.500. The van der Waals surface area contributed by atoms with Crippen molar-refractivity contribution >= 4 is 17.5 Å². The van der Waals surface area contributed by atoms with Crippen molar-refractivity contribution in [2.45, 2.75) is 6.92 Å². The van der Waals surface area contributed by atoms with Gasteiger partial charge >= 0.3 is 0 Å². The maximum Gasteiger partial charge on any atom is 0.226 e. The second-order valence-electron chi connectivity index (χ2n) is 4.93. The van der Waals surface area contributed by atoms with E-state index in [1.807, 2.05) is 12.1 Å². The third-order valence-electron chi connectivity index (χ3n) is 3.61. The van der Waals surface area contributed by atoms with Crippen molar-refractivity contribution in [1.29, 1.82) is 0 Å². The van der Waals surface area contributed by atoms with Crippen LogP contribution in [0, 0.1) is 5.92 Å². The molecule has 1 N–H and O–H groups in total. The van der Waals surface area contributed by atoms with Crippen LogP contribution in [0.3, 0.4) is 0 Å². The van der Waals surface area contributed by atoms with E-state index in [1.165, 1.54) is 0 Å². The molecular weight excluding hydrogens is 256 g/mol. The molecule has 0 aliphatic carbocycles. The fourth-order valence-electron chi connectivity index (χ4n) is 2.46. The van der Waals surface area contributed by atoms with E-state index in [9.17, 15) is 9.59 Å². The number of carbonyl (C=O) groups is 2. The zero-order valence-electron chi connectivity index (χ0n) is 11.9. The normalized spacial score (nSPS) is 19.4. The molecule has 6 nitrogen and oxygen atoms in total. The van der Waals surface area contributed by atoms with Crippen molar-refractivity contribution in [3.8, 4) is 0 Å². The first-order chi connectivity index (χ1) is 9.61. The van der Waals surface area contributed by atoms with E-state index >= 15 is 0 Å². The Bertz CT molecular complexity index is 477. The van der Waals surface area contributed by atoms with Gasteiger partial charge in [0.25, 0.3) is 0 Å². The Hall–Kier alpha value is -2.11. The molecular formula is C14H20N4O2. The number of rotatable bonds is 2. The van der Waals surface area contributed by atoms with E-state index < -0.39 is 0 Å². The first-order valence-electron chi connectivity index (χ1n) is 6.74. The van der Waals surface area contributed by atoms with E-state index in [1.54, 1.807) is 31.3 Å². The molecule has 0 bridgehead atoms. The zero-order chi connectivity index (χ0) is 14.5. The first kappa shape index (κ1) is 14.3. The van der Waals surface area contributed by atoms with Gasteiger partial charge in [0.15, 0.2) is 0 Å². The predicted octanol–water partition coefficient (Wildman–Crippen LogP) is 0.112. The van der Waals surface area contributed by atoms with Crippen molar-refractivity contribution in [2.75, 3.05) is 38.1 Å². The summed E-state index contributed by atoms with van der Waals surface area (Å²) in [6.07, 6.45) is 3.47. The van der Waals surface area contributed by atoms with Crippen LogP contribution in [-0.4, -0.2) is 54.9 Å².